The normalized spacial score (nSPS) is 11.5. The van der Waals surface area contributed by atoms with Gasteiger partial charge >= 0.3 is 0 Å². The van der Waals surface area contributed by atoms with E-state index in [0.717, 1.165) is 11.3 Å². The van der Waals surface area contributed by atoms with Crippen LogP contribution in [0.15, 0.2) is 51.9 Å². The first kappa shape index (κ1) is 11.9. The van der Waals surface area contributed by atoms with Crippen molar-refractivity contribution in [2.75, 3.05) is 0 Å². The van der Waals surface area contributed by atoms with E-state index in [4.69, 9.17) is 4.42 Å². The first-order valence-electron chi connectivity index (χ1n) is 6.61. The molecular weight excluding hydrogens is 268 g/mol. The standard InChI is InChI=1S/C15H12N4O2/c1-10-16-17-15-18(9-11-5-4-8-21-11)14(20)12-6-2-3-7-13(12)19(10)15/h2-8H,9H2,1H3. The molecule has 21 heavy (non-hydrogen) atoms. The van der Waals surface area contributed by atoms with Crippen LogP contribution >= 0.6 is 0 Å². The lowest BCUT2D eigenvalue weighted by Gasteiger charge is -2.09. The minimum Gasteiger partial charge on any atom is -0.467 e. The third-order valence-electron chi connectivity index (χ3n) is 3.56. The van der Waals surface area contributed by atoms with Gasteiger partial charge in [-0.05, 0) is 31.2 Å². The zero-order valence-corrected chi connectivity index (χ0v) is 11.4. The predicted octanol–water partition coefficient (Wildman–Crippen LogP) is 1.99. The molecule has 0 radical (unpaired) electrons. The highest BCUT2D eigenvalue weighted by atomic mass is 16.3. The Morgan fingerprint density at radius 2 is 2.00 bits per heavy atom. The van der Waals surface area contributed by atoms with Gasteiger partial charge in [-0.3, -0.25) is 13.8 Å². The quantitative estimate of drug-likeness (QED) is 0.563. The molecule has 0 fully saturated rings. The fraction of sp³-hybridized carbons (Fsp3) is 0.133. The van der Waals surface area contributed by atoms with Crippen LogP contribution in [0.3, 0.4) is 0 Å². The number of aryl methyl sites for hydroxylation is 1. The van der Waals surface area contributed by atoms with Crippen LogP contribution < -0.4 is 5.56 Å². The van der Waals surface area contributed by atoms with Crippen molar-refractivity contribution in [3.63, 3.8) is 0 Å². The van der Waals surface area contributed by atoms with Gasteiger partial charge in [-0.15, -0.1) is 10.2 Å². The topological polar surface area (TPSA) is 65.3 Å². The van der Waals surface area contributed by atoms with Gasteiger partial charge in [-0.1, -0.05) is 12.1 Å². The minimum absolute atomic E-state index is 0.0955. The molecule has 0 N–H and O–H groups in total. The predicted molar refractivity (Wildman–Crippen MR) is 77.3 cm³/mol. The van der Waals surface area contributed by atoms with Gasteiger partial charge in [0.2, 0.25) is 5.78 Å². The molecule has 4 aromatic rings. The van der Waals surface area contributed by atoms with Crippen LogP contribution in [0.5, 0.6) is 0 Å². The maximum atomic E-state index is 12.7. The van der Waals surface area contributed by atoms with Crippen molar-refractivity contribution >= 4 is 16.7 Å². The zero-order valence-electron chi connectivity index (χ0n) is 11.4. The summed E-state index contributed by atoms with van der Waals surface area (Å²) in [5, 5.41) is 8.88. The van der Waals surface area contributed by atoms with E-state index in [2.05, 4.69) is 10.2 Å². The Labute approximate surface area is 119 Å². The molecule has 0 saturated carbocycles. The Hall–Kier alpha value is -2.89. The van der Waals surface area contributed by atoms with Crippen LogP contribution in [-0.4, -0.2) is 19.2 Å². The Morgan fingerprint density at radius 3 is 2.81 bits per heavy atom. The number of aromatic nitrogens is 4. The summed E-state index contributed by atoms with van der Waals surface area (Å²) in [7, 11) is 0. The first-order valence-corrected chi connectivity index (χ1v) is 6.61. The maximum Gasteiger partial charge on any atom is 0.263 e. The summed E-state index contributed by atoms with van der Waals surface area (Å²) >= 11 is 0. The summed E-state index contributed by atoms with van der Waals surface area (Å²) in [6, 6.07) is 11.1. The molecule has 0 atom stereocenters. The van der Waals surface area contributed by atoms with E-state index < -0.39 is 0 Å². The van der Waals surface area contributed by atoms with Gasteiger partial charge in [0.05, 0.1) is 23.7 Å². The van der Waals surface area contributed by atoms with Crippen LogP contribution in [0, 0.1) is 6.92 Å². The monoisotopic (exact) mass is 280 g/mol. The molecular formula is C15H12N4O2. The average molecular weight is 280 g/mol. The summed E-state index contributed by atoms with van der Waals surface area (Å²) in [4.78, 5) is 12.7. The second-order valence-corrected chi connectivity index (χ2v) is 4.87. The number of furan rings is 1. The number of para-hydroxylation sites is 1. The minimum atomic E-state index is -0.0955. The molecule has 3 aromatic heterocycles. The Kier molecular flexibility index (Phi) is 2.44. The number of nitrogens with zero attached hydrogens (tertiary/aromatic N) is 4. The van der Waals surface area contributed by atoms with E-state index >= 15 is 0 Å². The summed E-state index contributed by atoms with van der Waals surface area (Å²) in [6.45, 7) is 2.20. The second-order valence-electron chi connectivity index (χ2n) is 4.87. The van der Waals surface area contributed by atoms with E-state index in [9.17, 15) is 4.79 Å². The van der Waals surface area contributed by atoms with Crippen molar-refractivity contribution in [2.45, 2.75) is 13.5 Å². The fourth-order valence-corrected chi connectivity index (χ4v) is 2.59. The highest BCUT2D eigenvalue weighted by Crippen LogP contribution is 2.15. The number of fused-ring (bicyclic) bond motifs is 3. The van der Waals surface area contributed by atoms with Gasteiger partial charge < -0.3 is 4.42 Å². The van der Waals surface area contributed by atoms with Crippen molar-refractivity contribution < 1.29 is 4.42 Å². The van der Waals surface area contributed by atoms with Crippen molar-refractivity contribution in [1.82, 2.24) is 19.2 Å². The molecule has 0 aliphatic rings. The molecule has 6 nitrogen and oxygen atoms in total. The summed E-state index contributed by atoms with van der Waals surface area (Å²) < 4.78 is 8.82. The number of benzene rings is 1. The van der Waals surface area contributed by atoms with Crippen LogP contribution in [0.4, 0.5) is 0 Å². The molecule has 0 bridgehead atoms. The zero-order chi connectivity index (χ0) is 14.4. The number of hydrogen-bond acceptors (Lipinski definition) is 4. The Morgan fingerprint density at radius 1 is 1.14 bits per heavy atom. The maximum absolute atomic E-state index is 12.7. The lowest BCUT2D eigenvalue weighted by Crippen LogP contribution is -2.23. The lowest BCUT2D eigenvalue weighted by atomic mass is 10.2. The lowest BCUT2D eigenvalue weighted by molar-refractivity contribution is 0.492. The summed E-state index contributed by atoms with van der Waals surface area (Å²) in [5.41, 5.74) is 0.720. The molecule has 0 saturated heterocycles. The molecule has 0 spiro atoms. The molecule has 6 heteroatoms. The van der Waals surface area contributed by atoms with Gasteiger partial charge in [-0.25, -0.2) is 0 Å². The molecule has 0 aliphatic carbocycles. The van der Waals surface area contributed by atoms with Crippen LogP contribution in [0.2, 0.25) is 0 Å². The third kappa shape index (κ3) is 1.69. The molecule has 3 heterocycles. The second kappa shape index (κ2) is 4.31. The van der Waals surface area contributed by atoms with Crippen LogP contribution in [0.1, 0.15) is 11.6 Å². The highest BCUT2D eigenvalue weighted by molar-refractivity contribution is 5.80. The van der Waals surface area contributed by atoms with Crippen molar-refractivity contribution in [2.24, 2.45) is 0 Å². The summed E-state index contributed by atoms with van der Waals surface area (Å²) in [6.07, 6.45) is 1.59. The molecule has 1 aromatic carbocycles. The van der Waals surface area contributed by atoms with E-state index in [1.54, 1.807) is 16.9 Å². The molecule has 0 amide bonds. The number of hydrogen-bond donors (Lipinski definition) is 0. The van der Waals surface area contributed by atoms with E-state index in [-0.39, 0.29) is 5.56 Å². The molecule has 104 valence electrons. The van der Waals surface area contributed by atoms with Gasteiger partial charge in [0.25, 0.3) is 5.56 Å². The molecule has 4 rings (SSSR count). The van der Waals surface area contributed by atoms with Crippen molar-refractivity contribution in [3.8, 4) is 0 Å². The van der Waals surface area contributed by atoms with E-state index in [1.807, 2.05) is 41.7 Å². The SMILES string of the molecule is Cc1nnc2n(Cc3ccco3)c(=O)c3ccccc3n12. The van der Waals surface area contributed by atoms with Crippen LogP contribution in [0.25, 0.3) is 16.7 Å². The van der Waals surface area contributed by atoms with E-state index in [1.165, 1.54) is 0 Å². The molecule has 0 unspecified atom stereocenters. The first-order chi connectivity index (χ1) is 10.3. The smallest absolute Gasteiger partial charge is 0.263 e. The van der Waals surface area contributed by atoms with E-state index in [0.29, 0.717) is 23.5 Å². The van der Waals surface area contributed by atoms with Gasteiger partial charge in [-0.2, -0.15) is 0 Å². The van der Waals surface area contributed by atoms with Gasteiger partial charge in [0, 0.05) is 0 Å². The third-order valence-corrected chi connectivity index (χ3v) is 3.56. The highest BCUT2D eigenvalue weighted by Gasteiger charge is 2.15. The van der Waals surface area contributed by atoms with Crippen LogP contribution in [-0.2, 0) is 6.54 Å². The molecule has 0 aliphatic heterocycles. The fourth-order valence-electron chi connectivity index (χ4n) is 2.59. The van der Waals surface area contributed by atoms with Gasteiger partial charge in [0.1, 0.15) is 11.6 Å². The Bertz CT molecular complexity index is 996. The largest absolute Gasteiger partial charge is 0.467 e. The summed E-state index contributed by atoms with van der Waals surface area (Å²) in [5.74, 6) is 1.97. The van der Waals surface area contributed by atoms with Crippen molar-refractivity contribution in [3.05, 3.63) is 64.6 Å². The van der Waals surface area contributed by atoms with Crippen molar-refractivity contribution in [1.29, 1.82) is 0 Å². The average Bonchev–Trinajstić information content (AvgIpc) is 3.13. The Balaban J connectivity index is 2.13. The van der Waals surface area contributed by atoms with Gasteiger partial charge in [0.15, 0.2) is 0 Å². The number of rotatable bonds is 2.